The molecular weight excluding hydrogens is 168 g/mol. The largest absolute Gasteiger partial charge is 0.337 e. The Morgan fingerprint density at radius 2 is 2.00 bits per heavy atom. The lowest BCUT2D eigenvalue weighted by molar-refractivity contribution is 0.398. The second-order valence-corrected chi connectivity index (χ2v) is 3.98. The van der Waals surface area contributed by atoms with Crippen LogP contribution in [0.25, 0.3) is 0 Å². The fourth-order valence-corrected chi connectivity index (χ4v) is 1.64. The zero-order chi connectivity index (χ0) is 9.30. The van der Waals surface area contributed by atoms with Gasteiger partial charge >= 0.3 is 0 Å². The van der Waals surface area contributed by atoms with Crippen LogP contribution in [-0.2, 0) is 0 Å². The van der Waals surface area contributed by atoms with E-state index in [1.165, 1.54) is 5.69 Å². The van der Waals surface area contributed by atoms with Crippen molar-refractivity contribution in [1.29, 1.82) is 0 Å². The normalized spacial score (nSPS) is 13.8. The van der Waals surface area contributed by atoms with E-state index in [-0.39, 0.29) is 0 Å². The van der Waals surface area contributed by atoms with Crippen LogP contribution in [0.3, 0.4) is 0 Å². The molecule has 0 aliphatic heterocycles. The van der Waals surface area contributed by atoms with E-state index in [2.05, 4.69) is 37.2 Å². The summed E-state index contributed by atoms with van der Waals surface area (Å²) in [4.78, 5) is 3.05. The summed E-state index contributed by atoms with van der Waals surface area (Å²) in [5.41, 5.74) is 1.21. The van der Waals surface area contributed by atoms with E-state index in [9.17, 15) is 0 Å². The number of aryl methyl sites for hydroxylation is 1. The lowest BCUT2D eigenvalue weighted by Gasteiger charge is -2.18. The Morgan fingerprint density at radius 1 is 1.42 bits per heavy atom. The molecule has 1 N–H and O–H groups in total. The molecule has 68 valence electrons. The third kappa shape index (κ3) is 1.61. The zero-order valence-electron chi connectivity index (χ0n) is 8.09. The summed E-state index contributed by atoms with van der Waals surface area (Å²) in [6.07, 6.45) is 1.96. The van der Waals surface area contributed by atoms with E-state index in [0.29, 0.717) is 12.0 Å². The Kier molecular flexibility index (Phi) is 2.73. The summed E-state index contributed by atoms with van der Waals surface area (Å²) in [7, 11) is 0. The molecule has 0 spiro atoms. The van der Waals surface area contributed by atoms with Gasteiger partial charge in [-0.05, 0) is 32.0 Å². The summed E-state index contributed by atoms with van der Waals surface area (Å²) in [5.74, 6) is 0.617. The topological polar surface area (TPSA) is 20.7 Å². The molecule has 0 saturated heterocycles. The van der Waals surface area contributed by atoms with Crippen LogP contribution in [0.2, 0.25) is 0 Å². The number of nitrogens with one attached hydrogen (secondary N) is 1. The van der Waals surface area contributed by atoms with Gasteiger partial charge in [0.15, 0.2) is 4.77 Å². The van der Waals surface area contributed by atoms with Gasteiger partial charge in [0.05, 0.1) is 0 Å². The van der Waals surface area contributed by atoms with Gasteiger partial charge in [-0.2, -0.15) is 0 Å². The highest BCUT2D eigenvalue weighted by atomic mass is 32.1. The van der Waals surface area contributed by atoms with Gasteiger partial charge in [0, 0.05) is 17.9 Å². The van der Waals surface area contributed by atoms with E-state index in [0.717, 1.165) is 4.77 Å². The molecule has 1 heterocycles. The predicted octanol–water partition coefficient (Wildman–Crippen LogP) is 3.07. The minimum atomic E-state index is 0.476. The van der Waals surface area contributed by atoms with Crippen LogP contribution in [0, 0.1) is 17.6 Å². The number of rotatable bonds is 2. The van der Waals surface area contributed by atoms with Gasteiger partial charge in [-0.3, -0.25) is 0 Å². The molecule has 0 aromatic carbocycles. The van der Waals surface area contributed by atoms with Gasteiger partial charge < -0.3 is 9.55 Å². The first-order chi connectivity index (χ1) is 5.54. The second-order valence-electron chi connectivity index (χ2n) is 3.59. The smallest absolute Gasteiger partial charge is 0.177 e. The zero-order valence-corrected chi connectivity index (χ0v) is 8.90. The number of hydrogen-bond acceptors (Lipinski definition) is 1. The Morgan fingerprint density at radius 3 is 2.33 bits per heavy atom. The van der Waals surface area contributed by atoms with Gasteiger partial charge in [0.2, 0.25) is 0 Å². The van der Waals surface area contributed by atoms with Crippen LogP contribution in [-0.4, -0.2) is 9.55 Å². The molecule has 0 fully saturated rings. The highest BCUT2D eigenvalue weighted by Crippen LogP contribution is 2.18. The van der Waals surface area contributed by atoms with E-state index in [4.69, 9.17) is 12.2 Å². The summed E-state index contributed by atoms with van der Waals surface area (Å²) < 4.78 is 2.99. The molecule has 1 atom stereocenters. The monoisotopic (exact) mass is 184 g/mol. The summed E-state index contributed by atoms with van der Waals surface area (Å²) in [6, 6.07) is 0.476. The van der Waals surface area contributed by atoms with Crippen molar-refractivity contribution in [3.63, 3.8) is 0 Å². The molecule has 1 aromatic rings. The molecule has 1 aromatic heterocycles. The van der Waals surface area contributed by atoms with Gasteiger partial charge in [0.1, 0.15) is 0 Å². The first-order valence-electron chi connectivity index (χ1n) is 4.30. The maximum atomic E-state index is 5.18. The van der Waals surface area contributed by atoms with Crippen LogP contribution in [0.4, 0.5) is 0 Å². The predicted molar refractivity (Wildman–Crippen MR) is 53.9 cm³/mol. The van der Waals surface area contributed by atoms with E-state index in [1.54, 1.807) is 0 Å². The van der Waals surface area contributed by atoms with Crippen molar-refractivity contribution in [3.05, 3.63) is 16.7 Å². The SMILES string of the molecule is Cc1c[nH]c(=S)n1C(C)C(C)C. The molecule has 0 saturated carbocycles. The van der Waals surface area contributed by atoms with Gasteiger partial charge in [-0.25, -0.2) is 0 Å². The van der Waals surface area contributed by atoms with Crippen LogP contribution in [0.5, 0.6) is 0 Å². The quantitative estimate of drug-likeness (QED) is 0.700. The summed E-state index contributed by atoms with van der Waals surface area (Å²) >= 11 is 5.18. The van der Waals surface area contributed by atoms with Gasteiger partial charge in [-0.1, -0.05) is 13.8 Å². The molecule has 0 amide bonds. The van der Waals surface area contributed by atoms with Crippen molar-refractivity contribution >= 4 is 12.2 Å². The highest BCUT2D eigenvalue weighted by Gasteiger charge is 2.11. The molecule has 12 heavy (non-hydrogen) atoms. The lowest BCUT2D eigenvalue weighted by Crippen LogP contribution is -2.12. The van der Waals surface area contributed by atoms with E-state index >= 15 is 0 Å². The molecule has 0 aliphatic rings. The highest BCUT2D eigenvalue weighted by molar-refractivity contribution is 7.71. The number of H-pyrrole nitrogens is 1. The van der Waals surface area contributed by atoms with Crippen molar-refractivity contribution in [2.45, 2.75) is 33.7 Å². The van der Waals surface area contributed by atoms with Crippen LogP contribution in [0.15, 0.2) is 6.20 Å². The molecular formula is C9H16N2S. The first-order valence-corrected chi connectivity index (χ1v) is 4.71. The standard InChI is InChI=1S/C9H16N2S/c1-6(2)8(4)11-7(3)5-10-9(11)12/h5-6,8H,1-4H3,(H,10,12). The molecule has 3 heteroatoms. The minimum Gasteiger partial charge on any atom is -0.337 e. The maximum Gasteiger partial charge on any atom is 0.177 e. The number of aromatic amines is 1. The summed E-state index contributed by atoms with van der Waals surface area (Å²) in [5, 5.41) is 0. The number of nitrogens with zero attached hydrogens (tertiary/aromatic N) is 1. The summed E-state index contributed by atoms with van der Waals surface area (Å²) in [6.45, 7) is 8.68. The van der Waals surface area contributed by atoms with E-state index < -0.39 is 0 Å². The molecule has 0 radical (unpaired) electrons. The van der Waals surface area contributed by atoms with Crippen LogP contribution in [0.1, 0.15) is 32.5 Å². The van der Waals surface area contributed by atoms with E-state index in [1.807, 2.05) is 6.20 Å². The molecule has 1 rings (SSSR count). The second kappa shape index (κ2) is 3.44. The van der Waals surface area contributed by atoms with Crippen LogP contribution < -0.4 is 0 Å². The Bertz CT molecular complexity index is 309. The van der Waals surface area contributed by atoms with Gasteiger partial charge in [-0.15, -0.1) is 0 Å². The van der Waals surface area contributed by atoms with Crippen molar-refractivity contribution in [2.24, 2.45) is 5.92 Å². The average Bonchev–Trinajstić information content (AvgIpc) is 2.30. The van der Waals surface area contributed by atoms with Crippen LogP contribution >= 0.6 is 12.2 Å². The van der Waals surface area contributed by atoms with Crippen molar-refractivity contribution in [2.75, 3.05) is 0 Å². The fourth-order valence-electron chi connectivity index (χ4n) is 1.27. The Labute approximate surface area is 78.6 Å². The first kappa shape index (κ1) is 9.52. The number of hydrogen-bond donors (Lipinski definition) is 1. The van der Waals surface area contributed by atoms with Gasteiger partial charge in [0.25, 0.3) is 0 Å². The Hall–Kier alpha value is -0.570. The third-order valence-corrected chi connectivity index (χ3v) is 2.69. The minimum absolute atomic E-state index is 0.476. The molecule has 1 unspecified atom stereocenters. The van der Waals surface area contributed by atoms with Crippen molar-refractivity contribution in [3.8, 4) is 0 Å². The Balaban J connectivity index is 3.09. The molecule has 2 nitrogen and oxygen atoms in total. The number of aromatic nitrogens is 2. The maximum absolute atomic E-state index is 5.18. The molecule has 0 aliphatic carbocycles. The number of imidazole rings is 1. The fraction of sp³-hybridized carbons (Fsp3) is 0.667. The average molecular weight is 184 g/mol. The molecule has 0 bridgehead atoms. The lowest BCUT2D eigenvalue weighted by atomic mass is 10.1. The van der Waals surface area contributed by atoms with Crippen molar-refractivity contribution in [1.82, 2.24) is 9.55 Å². The third-order valence-electron chi connectivity index (χ3n) is 2.38. The van der Waals surface area contributed by atoms with Crippen molar-refractivity contribution < 1.29 is 0 Å².